The second kappa shape index (κ2) is 6.49. The number of benzene rings is 2. The Balaban J connectivity index is 1.71. The van der Waals surface area contributed by atoms with Crippen LogP contribution in [0.2, 0.25) is 0 Å². The van der Waals surface area contributed by atoms with Gasteiger partial charge in [-0.1, -0.05) is 42.0 Å². The van der Waals surface area contributed by atoms with Crippen molar-refractivity contribution in [2.75, 3.05) is 0 Å². The van der Waals surface area contributed by atoms with E-state index < -0.39 is 6.04 Å². The summed E-state index contributed by atoms with van der Waals surface area (Å²) in [4.78, 5) is 19.3. The zero-order valence-corrected chi connectivity index (χ0v) is 14.5. The van der Waals surface area contributed by atoms with Gasteiger partial charge in [0.05, 0.1) is 30.2 Å². The summed E-state index contributed by atoms with van der Waals surface area (Å²) in [5, 5.41) is 9.19. The number of amides is 1. The van der Waals surface area contributed by atoms with E-state index in [1.807, 2.05) is 28.5 Å². The zero-order chi connectivity index (χ0) is 18.1. The van der Waals surface area contributed by atoms with Gasteiger partial charge in [-0.05, 0) is 30.2 Å². The minimum absolute atomic E-state index is 0.0196. The predicted molar refractivity (Wildman–Crippen MR) is 97.0 cm³/mol. The third-order valence-corrected chi connectivity index (χ3v) is 4.75. The van der Waals surface area contributed by atoms with Gasteiger partial charge in [-0.3, -0.25) is 4.79 Å². The molecule has 1 aliphatic rings. The number of carbonyl (C=O) groups is 1. The van der Waals surface area contributed by atoms with Gasteiger partial charge >= 0.3 is 0 Å². The third kappa shape index (κ3) is 2.86. The molecule has 0 saturated carbocycles. The summed E-state index contributed by atoms with van der Waals surface area (Å²) in [5.74, 6) is 0.0196. The van der Waals surface area contributed by atoms with E-state index in [1.54, 1.807) is 24.7 Å². The van der Waals surface area contributed by atoms with Crippen LogP contribution in [-0.2, 0) is 17.9 Å². The minimum atomic E-state index is -0.486. The van der Waals surface area contributed by atoms with E-state index >= 15 is 0 Å². The van der Waals surface area contributed by atoms with E-state index in [0.29, 0.717) is 18.7 Å². The number of hydrogen-bond acceptors (Lipinski definition) is 3. The molecule has 0 fully saturated rings. The highest BCUT2D eigenvalue weighted by Gasteiger charge is 2.34. The van der Waals surface area contributed by atoms with Crippen LogP contribution in [0.3, 0.4) is 0 Å². The molecule has 1 aliphatic heterocycles. The first kappa shape index (κ1) is 16.1. The van der Waals surface area contributed by atoms with Crippen molar-refractivity contribution in [2.45, 2.75) is 26.1 Å². The molecule has 0 N–H and O–H groups in total. The molecule has 0 radical (unpaired) electrons. The van der Waals surface area contributed by atoms with Crippen LogP contribution in [0.1, 0.15) is 34.0 Å². The monoisotopic (exact) mass is 342 g/mol. The molecule has 5 heteroatoms. The lowest BCUT2D eigenvalue weighted by Gasteiger charge is -2.34. The molecule has 1 amide bonds. The molecule has 0 bridgehead atoms. The second-order valence-electron chi connectivity index (χ2n) is 6.61. The number of carbonyl (C=O) groups excluding carboxylic acids is 1. The maximum absolute atomic E-state index is 13.3. The van der Waals surface area contributed by atoms with Gasteiger partial charge < -0.3 is 9.47 Å². The van der Waals surface area contributed by atoms with Gasteiger partial charge in [-0.25, -0.2) is 4.98 Å². The molecule has 0 aliphatic carbocycles. The van der Waals surface area contributed by atoms with Crippen molar-refractivity contribution in [1.29, 1.82) is 5.26 Å². The van der Waals surface area contributed by atoms with E-state index in [2.05, 4.69) is 35.3 Å². The van der Waals surface area contributed by atoms with Crippen molar-refractivity contribution < 1.29 is 4.79 Å². The quantitative estimate of drug-likeness (QED) is 0.734. The summed E-state index contributed by atoms with van der Waals surface area (Å²) >= 11 is 0. The van der Waals surface area contributed by atoms with Gasteiger partial charge in [0.25, 0.3) is 5.91 Å². The summed E-state index contributed by atoms with van der Waals surface area (Å²) < 4.78 is 1.91. The van der Waals surface area contributed by atoms with Gasteiger partial charge in [0.15, 0.2) is 0 Å². The van der Waals surface area contributed by atoms with E-state index in [4.69, 9.17) is 0 Å². The van der Waals surface area contributed by atoms with Crippen LogP contribution in [0.5, 0.6) is 0 Å². The number of aromatic nitrogens is 2. The number of nitriles is 1. The van der Waals surface area contributed by atoms with E-state index in [1.165, 1.54) is 5.56 Å². The van der Waals surface area contributed by atoms with Crippen LogP contribution in [0, 0.1) is 18.3 Å². The van der Waals surface area contributed by atoms with Crippen LogP contribution >= 0.6 is 0 Å². The Hall–Kier alpha value is -3.39. The molecule has 128 valence electrons. The maximum Gasteiger partial charge on any atom is 0.250 e. The normalized spacial score (nSPS) is 16.2. The Morgan fingerprint density at radius 1 is 1.23 bits per heavy atom. The van der Waals surface area contributed by atoms with Crippen molar-refractivity contribution in [3.8, 4) is 6.07 Å². The number of fused-ring (bicyclic) bond motifs is 1. The van der Waals surface area contributed by atoms with Crippen LogP contribution in [0.4, 0.5) is 0 Å². The topological polar surface area (TPSA) is 61.9 Å². The van der Waals surface area contributed by atoms with Crippen LogP contribution in [0.15, 0.2) is 61.1 Å². The summed E-state index contributed by atoms with van der Waals surface area (Å²) in [5.41, 5.74) is 4.64. The molecule has 3 aromatic rings. The number of hydrogen-bond donors (Lipinski definition) is 0. The standard InChI is InChI=1S/C21H18N4O/c1-15-5-7-16(8-6-15)12-24-13-19-11-23-14-25(19)20(21(24)26)18-4-2-3-17(9-18)10-22/h2-9,11,14,20H,12-13H2,1H3. The van der Waals surface area contributed by atoms with Crippen LogP contribution < -0.4 is 0 Å². The lowest BCUT2D eigenvalue weighted by molar-refractivity contribution is -0.136. The Bertz CT molecular complexity index is 997. The smallest absolute Gasteiger partial charge is 0.250 e. The number of aryl methyl sites for hydroxylation is 1. The van der Waals surface area contributed by atoms with Crippen molar-refractivity contribution in [1.82, 2.24) is 14.5 Å². The van der Waals surface area contributed by atoms with Gasteiger partial charge in [-0.2, -0.15) is 5.26 Å². The predicted octanol–water partition coefficient (Wildman–Crippen LogP) is 3.20. The molecular weight excluding hydrogens is 324 g/mol. The largest absolute Gasteiger partial charge is 0.330 e. The average Bonchev–Trinajstić information content (AvgIpc) is 3.12. The lowest BCUT2D eigenvalue weighted by atomic mass is 10.00. The van der Waals surface area contributed by atoms with Crippen LogP contribution in [-0.4, -0.2) is 20.4 Å². The van der Waals surface area contributed by atoms with Crippen molar-refractivity contribution in [3.63, 3.8) is 0 Å². The zero-order valence-electron chi connectivity index (χ0n) is 14.5. The van der Waals surface area contributed by atoms with Gasteiger partial charge in [-0.15, -0.1) is 0 Å². The Morgan fingerprint density at radius 3 is 2.81 bits per heavy atom. The highest BCUT2D eigenvalue weighted by atomic mass is 16.2. The van der Waals surface area contributed by atoms with E-state index in [9.17, 15) is 10.1 Å². The Morgan fingerprint density at radius 2 is 2.04 bits per heavy atom. The second-order valence-corrected chi connectivity index (χ2v) is 6.61. The fourth-order valence-corrected chi connectivity index (χ4v) is 3.38. The van der Waals surface area contributed by atoms with Gasteiger partial charge in [0.2, 0.25) is 0 Å². The summed E-state index contributed by atoms with van der Waals surface area (Å²) in [6, 6.07) is 17.1. The van der Waals surface area contributed by atoms with Crippen molar-refractivity contribution in [2.24, 2.45) is 0 Å². The molecule has 2 heterocycles. The Kier molecular flexibility index (Phi) is 4.02. The third-order valence-electron chi connectivity index (χ3n) is 4.75. The lowest BCUT2D eigenvalue weighted by Crippen LogP contribution is -2.42. The highest BCUT2D eigenvalue weighted by Crippen LogP contribution is 2.29. The first-order chi connectivity index (χ1) is 12.7. The molecule has 1 unspecified atom stereocenters. The molecule has 2 aromatic carbocycles. The van der Waals surface area contributed by atoms with Gasteiger partial charge in [0, 0.05) is 12.7 Å². The highest BCUT2D eigenvalue weighted by molar-refractivity contribution is 5.85. The summed E-state index contributed by atoms with van der Waals surface area (Å²) in [6.45, 7) is 3.13. The number of rotatable bonds is 3. The average molecular weight is 342 g/mol. The molecule has 1 atom stereocenters. The number of nitrogens with zero attached hydrogens (tertiary/aromatic N) is 4. The van der Waals surface area contributed by atoms with E-state index in [-0.39, 0.29) is 5.91 Å². The van der Waals surface area contributed by atoms with Crippen molar-refractivity contribution >= 4 is 5.91 Å². The van der Waals surface area contributed by atoms with E-state index in [0.717, 1.165) is 16.8 Å². The SMILES string of the molecule is Cc1ccc(CN2Cc3cncn3C(c3cccc(C#N)c3)C2=O)cc1. The first-order valence-electron chi connectivity index (χ1n) is 8.51. The maximum atomic E-state index is 13.3. The minimum Gasteiger partial charge on any atom is -0.330 e. The fraction of sp³-hybridized carbons (Fsp3) is 0.190. The molecule has 0 saturated heterocycles. The first-order valence-corrected chi connectivity index (χ1v) is 8.51. The van der Waals surface area contributed by atoms with Crippen molar-refractivity contribution in [3.05, 3.63) is 89.0 Å². The Labute approximate surface area is 152 Å². The molecule has 1 aromatic heterocycles. The molecule has 5 nitrogen and oxygen atoms in total. The fourth-order valence-electron chi connectivity index (χ4n) is 3.38. The summed E-state index contributed by atoms with van der Waals surface area (Å²) in [7, 11) is 0. The van der Waals surface area contributed by atoms with Gasteiger partial charge in [0.1, 0.15) is 6.04 Å². The van der Waals surface area contributed by atoms with Crippen LogP contribution in [0.25, 0.3) is 0 Å². The number of imidazole rings is 1. The molecular formula is C21H18N4O. The molecule has 4 rings (SSSR count). The summed E-state index contributed by atoms with van der Waals surface area (Å²) in [6.07, 6.45) is 3.50. The molecule has 0 spiro atoms. The molecule has 26 heavy (non-hydrogen) atoms.